The fourth-order valence-corrected chi connectivity index (χ4v) is 2.63. The number of carbonyl (C=O) groups is 2. The molecule has 0 saturated heterocycles. The van der Waals surface area contributed by atoms with Crippen molar-refractivity contribution in [3.63, 3.8) is 0 Å². The van der Waals surface area contributed by atoms with E-state index >= 15 is 0 Å². The Morgan fingerprint density at radius 1 is 1.48 bits per heavy atom. The van der Waals surface area contributed by atoms with Crippen molar-refractivity contribution in [3.05, 3.63) is 33.2 Å². The molecule has 2 N–H and O–H groups in total. The number of nitrogens with zero attached hydrogens (tertiary/aromatic N) is 1. The lowest BCUT2D eigenvalue weighted by Crippen LogP contribution is -2.30. The Labute approximate surface area is 122 Å². The number of benzene rings is 1. The zero-order valence-corrected chi connectivity index (χ0v) is 11.6. The molecule has 0 bridgehead atoms. The van der Waals surface area contributed by atoms with Crippen LogP contribution in [0.3, 0.4) is 0 Å². The van der Waals surface area contributed by atoms with Gasteiger partial charge in [0.05, 0.1) is 11.5 Å². The first kappa shape index (κ1) is 14.7. The minimum absolute atomic E-state index is 0.101. The van der Waals surface area contributed by atoms with Crippen LogP contribution in [0.2, 0.25) is 0 Å². The Balaban J connectivity index is 2.37. The average Bonchev–Trinajstić information content (AvgIpc) is 2.76. The molecule has 9 heteroatoms. The lowest BCUT2D eigenvalue weighted by molar-refractivity contribution is -0.384. The second-order valence-corrected chi connectivity index (χ2v) is 4.94. The number of ether oxygens (including phenoxy) is 1. The summed E-state index contributed by atoms with van der Waals surface area (Å²) in [4.78, 5) is 33.0. The minimum Gasteiger partial charge on any atom is -0.506 e. The summed E-state index contributed by atoms with van der Waals surface area (Å²) >= 11 is 0.920. The maximum absolute atomic E-state index is 11.8. The van der Waals surface area contributed by atoms with Gasteiger partial charge in [0.25, 0.3) is 11.6 Å². The molecule has 0 fully saturated rings. The number of fused-ring (bicyclic) bond motifs is 1. The van der Waals surface area contributed by atoms with Crippen molar-refractivity contribution in [2.75, 3.05) is 6.61 Å². The Bertz CT molecular complexity index is 739. The third kappa shape index (κ3) is 2.92. The van der Waals surface area contributed by atoms with Gasteiger partial charge in [0.2, 0.25) is 0 Å². The molecule has 2 aromatic rings. The van der Waals surface area contributed by atoms with E-state index in [1.54, 1.807) is 6.92 Å². The SMILES string of the molecule is CCOC(=O)NC(=O)c1sc2ccc([N+](=O)[O-])cc2c1O. The number of non-ortho nitro benzene ring substituents is 1. The second kappa shape index (κ2) is 5.75. The smallest absolute Gasteiger partial charge is 0.414 e. The molecule has 2 rings (SSSR count). The summed E-state index contributed by atoms with van der Waals surface area (Å²) in [5.74, 6) is -1.23. The number of hydrogen-bond donors (Lipinski definition) is 2. The number of alkyl carbamates (subject to hydrolysis) is 1. The highest BCUT2D eigenvalue weighted by atomic mass is 32.1. The molecular weight excluding hydrogens is 300 g/mol. The van der Waals surface area contributed by atoms with Crippen LogP contribution in [0.5, 0.6) is 5.75 Å². The highest BCUT2D eigenvalue weighted by Gasteiger charge is 2.21. The van der Waals surface area contributed by atoms with E-state index in [2.05, 4.69) is 4.74 Å². The summed E-state index contributed by atoms with van der Waals surface area (Å²) in [6.07, 6.45) is -0.926. The third-order valence-corrected chi connectivity index (χ3v) is 3.71. The van der Waals surface area contributed by atoms with Crippen LogP contribution >= 0.6 is 11.3 Å². The van der Waals surface area contributed by atoms with Gasteiger partial charge in [0, 0.05) is 22.2 Å². The Kier molecular flexibility index (Phi) is 4.03. The highest BCUT2D eigenvalue weighted by Crippen LogP contribution is 2.38. The van der Waals surface area contributed by atoms with Gasteiger partial charge in [0.1, 0.15) is 10.6 Å². The molecule has 0 aliphatic rings. The number of rotatable bonds is 3. The van der Waals surface area contributed by atoms with Crippen LogP contribution in [-0.4, -0.2) is 28.6 Å². The first-order chi connectivity index (χ1) is 9.93. The maximum Gasteiger partial charge on any atom is 0.414 e. The molecule has 21 heavy (non-hydrogen) atoms. The topological polar surface area (TPSA) is 119 Å². The molecule has 1 heterocycles. The quantitative estimate of drug-likeness (QED) is 0.663. The number of nitrogens with one attached hydrogen (secondary N) is 1. The number of aromatic hydroxyl groups is 1. The second-order valence-electron chi connectivity index (χ2n) is 3.89. The predicted octanol–water partition coefficient (Wildman–Crippen LogP) is 2.40. The number of thiophene rings is 1. The van der Waals surface area contributed by atoms with E-state index in [1.807, 2.05) is 5.32 Å². The summed E-state index contributed by atoms with van der Waals surface area (Å²) < 4.78 is 5.05. The molecule has 0 aliphatic heterocycles. The van der Waals surface area contributed by atoms with E-state index in [0.717, 1.165) is 11.3 Å². The molecule has 0 saturated carbocycles. The fraction of sp³-hybridized carbons (Fsp3) is 0.167. The zero-order chi connectivity index (χ0) is 15.6. The van der Waals surface area contributed by atoms with Gasteiger partial charge in [-0.05, 0) is 13.0 Å². The van der Waals surface area contributed by atoms with Crippen LogP contribution in [0, 0.1) is 10.1 Å². The van der Waals surface area contributed by atoms with E-state index in [-0.39, 0.29) is 22.6 Å². The molecule has 0 atom stereocenters. The Morgan fingerprint density at radius 3 is 2.81 bits per heavy atom. The normalized spacial score (nSPS) is 10.3. The molecule has 0 unspecified atom stereocenters. The molecule has 110 valence electrons. The Hall–Kier alpha value is -2.68. The van der Waals surface area contributed by atoms with E-state index in [0.29, 0.717) is 4.70 Å². The lowest BCUT2D eigenvalue weighted by Gasteiger charge is -2.02. The maximum atomic E-state index is 11.8. The molecule has 2 amide bonds. The van der Waals surface area contributed by atoms with Crippen molar-refractivity contribution >= 4 is 39.1 Å². The number of hydrogen-bond acceptors (Lipinski definition) is 7. The molecule has 0 spiro atoms. The van der Waals surface area contributed by atoms with Crippen LogP contribution < -0.4 is 5.32 Å². The average molecular weight is 310 g/mol. The molecule has 1 aromatic carbocycles. The summed E-state index contributed by atoms with van der Waals surface area (Å²) in [6.45, 7) is 1.68. The fourth-order valence-electron chi connectivity index (χ4n) is 1.66. The molecule has 0 radical (unpaired) electrons. The van der Waals surface area contributed by atoms with E-state index in [4.69, 9.17) is 0 Å². The first-order valence-electron chi connectivity index (χ1n) is 5.82. The minimum atomic E-state index is -0.926. The van der Waals surface area contributed by atoms with Gasteiger partial charge in [-0.1, -0.05) is 0 Å². The Morgan fingerprint density at radius 2 is 2.19 bits per heavy atom. The van der Waals surface area contributed by atoms with Crippen molar-refractivity contribution < 1.29 is 24.4 Å². The summed E-state index contributed by atoms with van der Waals surface area (Å²) in [7, 11) is 0. The van der Waals surface area contributed by atoms with Gasteiger partial charge >= 0.3 is 6.09 Å². The van der Waals surface area contributed by atoms with E-state index in [1.165, 1.54) is 18.2 Å². The monoisotopic (exact) mass is 310 g/mol. The van der Waals surface area contributed by atoms with Crippen molar-refractivity contribution in [2.45, 2.75) is 6.92 Å². The van der Waals surface area contributed by atoms with Crippen molar-refractivity contribution in [3.8, 4) is 5.75 Å². The van der Waals surface area contributed by atoms with Gasteiger partial charge < -0.3 is 9.84 Å². The van der Waals surface area contributed by atoms with Crippen LogP contribution in [0.25, 0.3) is 10.1 Å². The highest BCUT2D eigenvalue weighted by molar-refractivity contribution is 7.21. The number of nitro groups is 1. The van der Waals surface area contributed by atoms with Gasteiger partial charge in [-0.25, -0.2) is 4.79 Å². The standard InChI is InChI=1S/C12H10N2O6S/c1-2-20-12(17)13-11(16)10-9(15)7-5-6(14(18)19)3-4-8(7)21-10/h3-5,15H,2H2,1H3,(H,13,16,17). The molecule has 0 aliphatic carbocycles. The number of carbonyl (C=O) groups excluding carboxylic acids is 2. The number of amides is 2. The van der Waals surface area contributed by atoms with Crippen LogP contribution in [0.1, 0.15) is 16.6 Å². The first-order valence-corrected chi connectivity index (χ1v) is 6.63. The van der Waals surface area contributed by atoms with Gasteiger partial charge in [-0.15, -0.1) is 11.3 Å². The van der Waals surface area contributed by atoms with Crippen LogP contribution in [0.15, 0.2) is 18.2 Å². The summed E-state index contributed by atoms with van der Waals surface area (Å²) in [5, 5.41) is 22.8. The van der Waals surface area contributed by atoms with Crippen molar-refractivity contribution in [1.29, 1.82) is 0 Å². The van der Waals surface area contributed by atoms with E-state index < -0.39 is 22.7 Å². The number of imide groups is 1. The predicted molar refractivity (Wildman–Crippen MR) is 74.6 cm³/mol. The summed E-state index contributed by atoms with van der Waals surface area (Å²) in [5.41, 5.74) is -0.201. The number of nitro benzene ring substituents is 1. The summed E-state index contributed by atoms with van der Waals surface area (Å²) in [6, 6.07) is 3.87. The molecule has 8 nitrogen and oxygen atoms in total. The van der Waals surface area contributed by atoms with Gasteiger partial charge in [-0.2, -0.15) is 0 Å². The van der Waals surface area contributed by atoms with Crippen molar-refractivity contribution in [1.82, 2.24) is 5.32 Å². The zero-order valence-electron chi connectivity index (χ0n) is 10.8. The molecular formula is C12H10N2O6S. The lowest BCUT2D eigenvalue weighted by atomic mass is 10.2. The largest absolute Gasteiger partial charge is 0.506 e. The van der Waals surface area contributed by atoms with Crippen LogP contribution in [-0.2, 0) is 4.74 Å². The van der Waals surface area contributed by atoms with E-state index in [9.17, 15) is 24.8 Å². The molecule has 1 aromatic heterocycles. The van der Waals surface area contributed by atoms with Gasteiger partial charge in [-0.3, -0.25) is 20.2 Å². The van der Waals surface area contributed by atoms with Crippen molar-refractivity contribution in [2.24, 2.45) is 0 Å². The van der Waals surface area contributed by atoms with Crippen LogP contribution in [0.4, 0.5) is 10.5 Å². The third-order valence-electron chi connectivity index (χ3n) is 2.55. The van der Waals surface area contributed by atoms with Gasteiger partial charge in [0.15, 0.2) is 0 Å².